The lowest BCUT2D eigenvalue weighted by atomic mass is 9.97. The molecule has 0 N–H and O–H groups in total. The van der Waals surface area contributed by atoms with Gasteiger partial charge in [0.2, 0.25) is 0 Å². The summed E-state index contributed by atoms with van der Waals surface area (Å²) in [6.45, 7) is 1.69. The standard InChI is InChI=1S/C16H13Cl2NO3S/c1-9(15-19-6-7-23-15)14(20)11(16(21)22-2)8-10-12(17)4-3-5-13(10)18/h3-9H,1-2H3. The number of ketones is 1. The monoisotopic (exact) mass is 369 g/mol. The van der Waals surface area contributed by atoms with Crippen LogP contribution in [0.2, 0.25) is 10.0 Å². The smallest absolute Gasteiger partial charge is 0.341 e. The van der Waals surface area contributed by atoms with Crippen molar-refractivity contribution >= 4 is 52.4 Å². The molecule has 0 saturated carbocycles. The molecule has 1 aromatic heterocycles. The molecule has 4 nitrogen and oxygen atoms in total. The second-order valence-corrected chi connectivity index (χ2v) is 6.38. The van der Waals surface area contributed by atoms with E-state index in [1.807, 2.05) is 0 Å². The van der Waals surface area contributed by atoms with E-state index in [4.69, 9.17) is 27.9 Å². The Bertz CT molecular complexity index is 736. The third-order valence-electron chi connectivity index (χ3n) is 3.17. The summed E-state index contributed by atoms with van der Waals surface area (Å²) in [6.07, 6.45) is 2.97. The molecule has 0 aliphatic rings. The van der Waals surface area contributed by atoms with Crippen LogP contribution < -0.4 is 0 Å². The van der Waals surface area contributed by atoms with Gasteiger partial charge in [0.25, 0.3) is 0 Å². The summed E-state index contributed by atoms with van der Waals surface area (Å²) in [5.74, 6) is -1.71. The molecule has 0 amide bonds. The van der Waals surface area contributed by atoms with Crippen molar-refractivity contribution in [3.8, 4) is 0 Å². The fourth-order valence-electron chi connectivity index (χ4n) is 1.93. The maximum absolute atomic E-state index is 12.7. The summed E-state index contributed by atoms with van der Waals surface area (Å²) in [6, 6.07) is 4.94. The fraction of sp³-hybridized carbons (Fsp3) is 0.188. The van der Waals surface area contributed by atoms with Crippen LogP contribution in [0.15, 0.2) is 35.3 Å². The van der Waals surface area contributed by atoms with E-state index >= 15 is 0 Å². The summed E-state index contributed by atoms with van der Waals surface area (Å²) in [4.78, 5) is 28.8. The van der Waals surface area contributed by atoms with Crippen molar-refractivity contribution in [1.29, 1.82) is 0 Å². The van der Waals surface area contributed by atoms with E-state index in [9.17, 15) is 9.59 Å². The van der Waals surface area contributed by atoms with Crippen molar-refractivity contribution in [2.75, 3.05) is 7.11 Å². The van der Waals surface area contributed by atoms with Crippen molar-refractivity contribution in [2.45, 2.75) is 12.8 Å². The number of hydrogen-bond donors (Lipinski definition) is 0. The van der Waals surface area contributed by atoms with E-state index in [0.29, 0.717) is 20.6 Å². The molecule has 0 fully saturated rings. The number of rotatable bonds is 5. The van der Waals surface area contributed by atoms with Crippen LogP contribution in [0.4, 0.5) is 0 Å². The Morgan fingerprint density at radius 1 is 1.30 bits per heavy atom. The number of hydrogen-bond acceptors (Lipinski definition) is 5. The maximum atomic E-state index is 12.7. The number of nitrogens with zero attached hydrogens (tertiary/aromatic N) is 1. The first-order chi connectivity index (χ1) is 11.0. The van der Waals surface area contributed by atoms with Crippen molar-refractivity contribution in [1.82, 2.24) is 4.98 Å². The Morgan fingerprint density at radius 3 is 2.48 bits per heavy atom. The Kier molecular flexibility index (Phi) is 5.93. The van der Waals surface area contributed by atoms with E-state index in [1.165, 1.54) is 24.5 Å². The number of methoxy groups -OCH3 is 1. The summed E-state index contributed by atoms with van der Waals surface area (Å²) < 4.78 is 4.72. The second kappa shape index (κ2) is 7.73. The minimum atomic E-state index is -0.741. The predicted molar refractivity (Wildman–Crippen MR) is 92.0 cm³/mol. The molecule has 2 rings (SSSR count). The van der Waals surface area contributed by atoms with Crippen molar-refractivity contribution < 1.29 is 14.3 Å². The van der Waals surface area contributed by atoms with Gasteiger partial charge < -0.3 is 4.74 Å². The van der Waals surface area contributed by atoms with Crippen LogP contribution in [0, 0.1) is 0 Å². The lowest BCUT2D eigenvalue weighted by Crippen LogP contribution is -2.19. The van der Waals surface area contributed by atoms with Gasteiger partial charge in [0, 0.05) is 27.2 Å². The normalized spacial score (nSPS) is 12.8. The number of ether oxygens (including phenoxy) is 1. The number of carbonyl (C=O) groups excluding carboxylic acids is 2. The Hall–Kier alpha value is -1.69. The molecule has 0 spiro atoms. The van der Waals surface area contributed by atoms with Crippen LogP contribution in [-0.2, 0) is 14.3 Å². The highest BCUT2D eigenvalue weighted by Gasteiger charge is 2.27. The summed E-state index contributed by atoms with van der Waals surface area (Å²) in [5.41, 5.74) is 0.279. The predicted octanol–water partition coefficient (Wildman–Crippen LogP) is 4.38. The molecule has 1 atom stereocenters. The molecule has 120 valence electrons. The van der Waals surface area contributed by atoms with Gasteiger partial charge in [-0.25, -0.2) is 9.78 Å². The number of benzene rings is 1. The average molecular weight is 370 g/mol. The van der Waals surface area contributed by atoms with E-state index in [-0.39, 0.29) is 5.57 Å². The fourth-order valence-corrected chi connectivity index (χ4v) is 3.13. The zero-order valence-corrected chi connectivity index (χ0v) is 14.7. The third-order valence-corrected chi connectivity index (χ3v) is 4.79. The molecule has 0 aliphatic heterocycles. The molecule has 0 aliphatic carbocycles. The van der Waals surface area contributed by atoms with E-state index in [1.54, 1.807) is 36.7 Å². The lowest BCUT2D eigenvalue weighted by Gasteiger charge is -2.11. The molecular formula is C16H13Cl2NO3S. The van der Waals surface area contributed by atoms with Crippen molar-refractivity contribution in [2.24, 2.45) is 0 Å². The maximum Gasteiger partial charge on any atom is 0.341 e. The van der Waals surface area contributed by atoms with Gasteiger partial charge in [-0.15, -0.1) is 11.3 Å². The van der Waals surface area contributed by atoms with Gasteiger partial charge in [-0.2, -0.15) is 0 Å². The topological polar surface area (TPSA) is 56.3 Å². The van der Waals surface area contributed by atoms with E-state index in [2.05, 4.69) is 4.98 Å². The Morgan fingerprint density at radius 2 is 1.96 bits per heavy atom. The number of carbonyl (C=O) groups is 2. The molecule has 0 radical (unpaired) electrons. The highest BCUT2D eigenvalue weighted by Crippen LogP contribution is 2.29. The molecule has 1 aromatic carbocycles. The molecular weight excluding hydrogens is 357 g/mol. The molecule has 0 saturated heterocycles. The Labute approximate surface area is 147 Å². The Balaban J connectivity index is 2.47. The summed E-state index contributed by atoms with van der Waals surface area (Å²) >= 11 is 13.6. The van der Waals surface area contributed by atoms with E-state index in [0.717, 1.165) is 0 Å². The van der Waals surface area contributed by atoms with Crippen LogP contribution >= 0.6 is 34.5 Å². The largest absolute Gasteiger partial charge is 0.465 e. The quantitative estimate of drug-likeness (QED) is 0.339. The first-order valence-corrected chi connectivity index (χ1v) is 8.27. The molecule has 1 heterocycles. The highest BCUT2D eigenvalue weighted by atomic mass is 35.5. The summed E-state index contributed by atoms with van der Waals surface area (Å²) in [7, 11) is 1.21. The number of aromatic nitrogens is 1. The first-order valence-electron chi connectivity index (χ1n) is 6.63. The summed E-state index contributed by atoms with van der Waals surface area (Å²) in [5, 5.41) is 3.07. The van der Waals surface area contributed by atoms with Gasteiger partial charge in [0.05, 0.1) is 13.0 Å². The molecule has 7 heteroatoms. The zero-order valence-electron chi connectivity index (χ0n) is 12.4. The molecule has 0 bridgehead atoms. The SMILES string of the molecule is COC(=O)C(=Cc1c(Cl)cccc1Cl)C(=O)C(C)c1nccs1. The third kappa shape index (κ3) is 3.99. The molecule has 23 heavy (non-hydrogen) atoms. The lowest BCUT2D eigenvalue weighted by molar-refractivity contribution is -0.137. The van der Waals surface area contributed by atoms with Crippen LogP contribution in [0.25, 0.3) is 6.08 Å². The van der Waals surface area contributed by atoms with Gasteiger partial charge in [-0.1, -0.05) is 29.3 Å². The average Bonchev–Trinajstić information content (AvgIpc) is 3.07. The van der Waals surface area contributed by atoms with Crippen LogP contribution in [0.3, 0.4) is 0 Å². The minimum absolute atomic E-state index is 0.120. The number of thiazole rings is 1. The van der Waals surface area contributed by atoms with Crippen LogP contribution in [0.5, 0.6) is 0 Å². The van der Waals surface area contributed by atoms with Crippen molar-refractivity contribution in [3.63, 3.8) is 0 Å². The molecule has 1 unspecified atom stereocenters. The number of halogens is 2. The van der Waals surface area contributed by atoms with Gasteiger partial charge in [0.1, 0.15) is 10.6 Å². The minimum Gasteiger partial charge on any atom is -0.465 e. The van der Waals surface area contributed by atoms with Gasteiger partial charge in [-0.3, -0.25) is 4.79 Å². The van der Waals surface area contributed by atoms with Gasteiger partial charge >= 0.3 is 5.97 Å². The van der Waals surface area contributed by atoms with Crippen LogP contribution in [-0.4, -0.2) is 23.8 Å². The van der Waals surface area contributed by atoms with Crippen molar-refractivity contribution in [3.05, 3.63) is 56.0 Å². The van der Waals surface area contributed by atoms with Gasteiger partial charge in [0.15, 0.2) is 5.78 Å². The highest BCUT2D eigenvalue weighted by molar-refractivity contribution is 7.09. The zero-order chi connectivity index (χ0) is 17.0. The first kappa shape index (κ1) is 17.7. The van der Waals surface area contributed by atoms with Gasteiger partial charge in [-0.05, 0) is 25.1 Å². The second-order valence-electron chi connectivity index (χ2n) is 4.64. The number of esters is 1. The number of Topliss-reactive ketones (excluding diaryl/α,β-unsaturated/α-hetero) is 1. The molecule has 2 aromatic rings. The van der Waals surface area contributed by atoms with Crippen LogP contribution in [0.1, 0.15) is 23.4 Å². The van der Waals surface area contributed by atoms with E-state index < -0.39 is 17.7 Å².